The highest BCUT2D eigenvalue weighted by Gasteiger charge is 2.39. The number of rotatable bonds is 5. The van der Waals surface area contributed by atoms with Crippen molar-refractivity contribution < 1.29 is 0 Å². The summed E-state index contributed by atoms with van der Waals surface area (Å²) in [7, 11) is 4.35. The summed E-state index contributed by atoms with van der Waals surface area (Å²) >= 11 is 0. The molecule has 2 fully saturated rings. The molecule has 2 aliphatic heterocycles. The third-order valence-electron chi connectivity index (χ3n) is 4.18. The Morgan fingerprint density at radius 1 is 1.19 bits per heavy atom. The molecule has 2 rings (SSSR count). The van der Waals surface area contributed by atoms with Gasteiger partial charge in [0.25, 0.3) is 0 Å². The second kappa shape index (κ2) is 5.48. The molecule has 0 aromatic heterocycles. The van der Waals surface area contributed by atoms with E-state index in [0.29, 0.717) is 0 Å². The minimum absolute atomic E-state index is 0.790. The van der Waals surface area contributed by atoms with Gasteiger partial charge in [-0.15, -0.1) is 0 Å². The SMILES string of the molecule is CCNC1CC2CCC(C1)N2CCN(C)C. The van der Waals surface area contributed by atoms with E-state index in [0.717, 1.165) is 24.7 Å². The predicted octanol–water partition coefficient (Wildman–Crippen LogP) is 1.15. The highest BCUT2D eigenvalue weighted by Crippen LogP contribution is 2.35. The second-order valence-corrected chi connectivity index (χ2v) is 5.65. The summed E-state index contributed by atoms with van der Waals surface area (Å²) in [5.74, 6) is 0. The number of fused-ring (bicyclic) bond motifs is 2. The van der Waals surface area contributed by atoms with Crippen molar-refractivity contribution >= 4 is 0 Å². The number of piperidine rings is 1. The average molecular weight is 225 g/mol. The van der Waals surface area contributed by atoms with Gasteiger partial charge in [-0.3, -0.25) is 4.90 Å². The minimum Gasteiger partial charge on any atom is -0.314 e. The largest absolute Gasteiger partial charge is 0.314 e. The third kappa shape index (κ3) is 2.76. The van der Waals surface area contributed by atoms with Gasteiger partial charge in [-0.2, -0.15) is 0 Å². The Morgan fingerprint density at radius 3 is 2.31 bits per heavy atom. The molecule has 2 heterocycles. The van der Waals surface area contributed by atoms with Crippen LogP contribution in [0.3, 0.4) is 0 Å². The summed E-state index contributed by atoms with van der Waals surface area (Å²) < 4.78 is 0. The molecule has 2 aliphatic rings. The summed E-state index contributed by atoms with van der Waals surface area (Å²) in [6.07, 6.45) is 5.61. The van der Waals surface area contributed by atoms with E-state index in [-0.39, 0.29) is 0 Å². The Bertz CT molecular complexity index is 203. The van der Waals surface area contributed by atoms with Crippen molar-refractivity contribution in [3.05, 3.63) is 0 Å². The molecule has 2 unspecified atom stereocenters. The van der Waals surface area contributed by atoms with Crippen molar-refractivity contribution in [2.45, 2.75) is 50.7 Å². The normalized spacial score (nSPS) is 34.9. The van der Waals surface area contributed by atoms with Gasteiger partial charge in [0.15, 0.2) is 0 Å². The lowest BCUT2D eigenvalue weighted by Gasteiger charge is -2.39. The maximum Gasteiger partial charge on any atom is 0.0115 e. The topological polar surface area (TPSA) is 18.5 Å². The highest BCUT2D eigenvalue weighted by atomic mass is 15.2. The molecular formula is C13H27N3. The van der Waals surface area contributed by atoms with Crippen molar-refractivity contribution in [1.82, 2.24) is 15.1 Å². The van der Waals surface area contributed by atoms with Crippen molar-refractivity contribution in [2.24, 2.45) is 0 Å². The summed E-state index contributed by atoms with van der Waals surface area (Å²) in [6, 6.07) is 2.52. The van der Waals surface area contributed by atoms with E-state index in [1.165, 1.54) is 38.8 Å². The quantitative estimate of drug-likeness (QED) is 0.757. The average Bonchev–Trinajstić information content (AvgIpc) is 2.46. The first-order valence-electron chi connectivity index (χ1n) is 6.84. The lowest BCUT2D eigenvalue weighted by atomic mass is 9.97. The van der Waals surface area contributed by atoms with Crippen LogP contribution in [0.1, 0.15) is 32.6 Å². The molecule has 16 heavy (non-hydrogen) atoms. The van der Waals surface area contributed by atoms with Gasteiger partial charge in [-0.1, -0.05) is 6.92 Å². The smallest absolute Gasteiger partial charge is 0.0115 e. The first-order valence-corrected chi connectivity index (χ1v) is 6.84. The van der Waals surface area contributed by atoms with E-state index in [1.807, 2.05) is 0 Å². The van der Waals surface area contributed by atoms with Crippen LogP contribution in [0, 0.1) is 0 Å². The summed E-state index contributed by atoms with van der Waals surface area (Å²) in [6.45, 7) is 5.82. The Balaban J connectivity index is 1.84. The summed E-state index contributed by atoms with van der Waals surface area (Å²) in [5, 5.41) is 3.63. The fourth-order valence-corrected chi connectivity index (χ4v) is 3.41. The van der Waals surface area contributed by atoms with Crippen LogP contribution in [0.4, 0.5) is 0 Å². The lowest BCUT2D eigenvalue weighted by molar-refractivity contribution is 0.109. The number of hydrogen-bond acceptors (Lipinski definition) is 3. The molecule has 0 radical (unpaired) electrons. The van der Waals surface area contributed by atoms with Crippen LogP contribution in [0.2, 0.25) is 0 Å². The van der Waals surface area contributed by atoms with Crippen molar-refractivity contribution in [1.29, 1.82) is 0 Å². The first kappa shape index (κ1) is 12.3. The molecule has 0 aromatic rings. The van der Waals surface area contributed by atoms with Gasteiger partial charge in [0.2, 0.25) is 0 Å². The van der Waals surface area contributed by atoms with E-state index >= 15 is 0 Å². The van der Waals surface area contributed by atoms with Gasteiger partial charge in [0.05, 0.1) is 0 Å². The molecule has 0 aliphatic carbocycles. The molecule has 3 heteroatoms. The van der Waals surface area contributed by atoms with E-state index in [2.05, 4.69) is 36.1 Å². The van der Waals surface area contributed by atoms with E-state index in [1.54, 1.807) is 0 Å². The number of nitrogens with one attached hydrogen (secondary N) is 1. The number of hydrogen-bond donors (Lipinski definition) is 1. The van der Waals surface area contributed by atoms with Crippen LogP contribution < -0.4 is 5.32 Å². The Hall–Kier alpha value is -0.120. The van der Waals surface area contributed by atoms with Crippen molar-refractivity contribution in [3.8, 4) is 0 Å². The molecule has 0 spiro atoms. The summed E-state index contributed by atoms with van der Waals surface area (Å²) in [5.41, 5.74) is 0. The highest BCUT2D eigenvalue weighted by molar-refractivity contribution is 4.97. The lowest BCUT2D eigenvalue weighted by Crippen LogP contribution is -2.50. The van der Waals surface area contributed by atoms with Crippen molar-refractivity contribution in [2.75, 3.05) is 33.7 Å². The molecule has 0 aromatic carbocycles. The zero-order valence-electron chi connectivity index (χ0n) is 11.1. The van der Waals surface area contributed by atoms with Gasteiger partial charge in [-0.05, 0) is 46.3 Å². The second-order valence-electron chi connectivity index (χ2n) is 5.65. The molecule has 2 atom stereocenters. The van der Waals surface area contributed by atoms with Crippen LogP contribution >= 0.6 is 0 Å². The molecule has 1 N–H and O–H groups in total. The Kier molecular flexibility index (Phi) is 4.22. The fourth-order valence-electron chi connectivity index (χ4n) is 3.41. The first-order chi connectivity index (χ1) is 7.70. The zero-order chi connectivity index (χ0) is 11.5. The molecule has 94 valence electrons. The monoisotopic (exact) mass is 225 g/mol. The van der Waals surface area contributed by atoms with Gasteiger partial charge < -0.3 is 10.2 Å². The zero-order valence-corrected chi connectivity index (χ0v) is 11.1. The molecule has 0 amide bonds. The Morgan fingerprint density at radius 2 is 1.81 bits per heavy atom. The van der Waals surface area contributed by atoms with Crippen LogP contribution in [-0.2, 0) is 0 Å². The maximum absolute atomic E-state index is 3.63. The van der Waals surface area contributed by atoms with Crippen LogP contribution in [0.15, 0.2) is 0 Å². The Labute approximate surface area is 100 Å². The summed E-state index contributed by atoms with van der Waals surface area (Å²) in [4.78, 5) is 5.07. The maximum atomic E-state index is 3.63. The van der Waals surface area contributed by atoms with Gasteiger partial charge in [0.1, 0.15) is 0 Å². The molecule has 3 nitrogen and oxygen atoms in total. The van der Waals surface area contributed by atoms with Gasteiger partial charge >= 0.3 is 0 Å². The third-order valence-corrected chi connectivity index (χ3v) is 4.18. The molecular weight excluding hydrogens is 198 g/mol. The fraction of sp³-hybridized carbons (Fsp3) is 1.00. The molecule has 2 bridgehead atoms. The number of nitrogens with zero attached hydrogens (tertiary/aromatic N) is 2. The van der Waals surface area contributed by atoms with Crippen LogP contribution in [-0.4, -0.2) is 61.7 Å². The van der Waals surface area contributed by atoms with E-state index in [9.17, 15) is 0 Å². The molecule has 0 saturated carbocycles. The molecule has 2 saturated heterocycles. The van der Waals surface area contributed by atoms with Gasteiger partial charge in [0, 0.05) is 31.2 Å². The van der Waals surface area contributed by atoms with Gasteiger partial charge in [-0.25, -0.2) is 0 Å². The van der Waals surface area contributed by atoms with Crippen molar-refractivity contribution in [3.63, 3.8) is 0 Å². The van der Waals surface area contributed by atoms with Crippen LogP contribution in [0.25, 0.3) is 0 Å². The van der Waals surface area contributed by atoms with E-state index < -0.39 is 0 Å². The predicted molar refractivity (Wildman–Crippen MR) is 68.8 cm³/mol. The standard InChI is InChI=1S/C13H27N3/c1-4-14-11-9-12-5-6-13(10-11)16(12)8-7-15(2)3/h11-14H,4-10H2,1-3H3. The van der Waals surface area contributed by atoms with E-state index in [4.69, 9.17) is 0 Å². The number of likely N-dealkylation sites (N-methyl/N-ethyl adjacent to an activating group) is 1. The minimum atomic E-state index is 0.790. The van der Waals surface area contributed by atoms with Crippen LogP contribution in [0.5, 0.6) is 0 Å².